The molecule has 0 bridgehead atoms. The van der Waals surface area contributed by atoms with Gasteiger partial charge in [-0.15, -0.1) is 0 Å². The van der Waals surface area contributed by atoms with Crippen molar-refractivity contribution in [3.8, 4) is 5.75 Å². The van der Waals surface area contributed by atoms with E-state index in [1.54, 1.807) is 0 Å². The van der Waals surface area contributed by atoms with E-state index in [9.17, 15) is 13.9 Å². The van der Waals surface area contributed by atoms with Gasteiger partial charge >= 0.3 is 0 Å². The number of halogens is 3. The molecule has 2 N–H and O–H groups in total. The van der Waals surface area contributed by atoms with E-state index >= 15 is 0 Å². The summed E-state index contributed by atoms with van der Waals surface area (Å²) in [5.41, 5.74) is -0.0512. The highest BCUT2D eigenvalue weighted by molar-refractivity contribution is 6.32. The molecule has 2 nitrogen and oxygen atoms in total. The van der Waals surface area contributed by atoms with Crippen LogP contribution in [0.15, 0.2) is 6.07 Å². The second-order valence-electron chi connectivity index (χ2n) is 3.92. The van der Waals surface area contributed by atoms with Gasteiger partial charge in [-0.1, -0.05) is 18.0 Å². The molecule has 16 heavy (non-hydrogen) atoms. The van der Waals surface area contributed by atoms with E-state index in [0.29, 0.717) is 6.42 Å². The molecule has 0 saturated carbocycles. The molecule has 1 heterocycles. The minimum Gasteiger partial charge on any atom is -0.506 e. The number of rotatable bonds is 1. The monoisotopic (exact) mass is 247 g/mol. The van der Waals surface area contributed by atoms with Gasteiger partial charge in [0.15, 0.2) is 11.6 Å². The molecule has 2 rings (SSSR count). The zero-order valence-electron chi connectivity index (χ0n) is 8.56. The van der Waals surface area contributed by atoms with Crippen LogP contribution in [0.3, 0.4) is 0 Å². The van der Waals surface area contributed by atoms with Gasteiger partial charge < -0.3 is 10.4 Å². The maximum absolute atomic E-state index is 13.6. The number of aromatic hydroxyl groups is 1. The van der Waals surface area contributed by atoms with E-state index in [1.807, 2.05) is 0 Å². The quantitative estimate of drug-likeness (QED) is 0.748. The summed E-state index contributed by atoms with van der Waals surface area (Å²) in [7, 11) is 0. The Morgan fingerprint density at radius 2 is 2.12 bits per heavy atom. The van der Waals surface area contributed by atoms with Crippen molar-refractivity contribution >= 4 is 11.6 Å². The van der Waals surface area contributed by atoms with Gasteiger partial charge in [-0.25, -0.2) is 8.78 Å². The third-order valence-corrected chi connectivity index (χ3v) is 3.13. The number of phenols is 1. The molecule has 0 aromatic heterocycles. The van der Waals surface area contributed by atoms with Crippen LogP contribution in [0, 0.1) is 11.6 Å². The Bertz CT molecular complexity index is 379. The number of benzene rings is 1. The van der Waals surface area contributed by atoms with Gasteiger partial charge in [0.1, 0.15) is 5.75 Å². The summed E-state index contributed by atoms with van der Waals surface area (Å²) in [6, 6.07) is 0.431. The van der Waals surface area contributed by atoms with Crippen LogP contribution >= 0.6 is 11.6 Å². The molecule has 0 aliphatic carbocycles. The summed E-state index contributed by atoms with van der Waals surface area (Å²) in [6.07, 6.45) is 2.59. The lowest BCUT2D eigenvalue weighted by Gasteiger charge is -2.25. The number of hydrogen-bond acceptors (Lipinski definition) is 2. The smallest absolute Gasteiger partial charge is 0.167 e. The van der Waals surface area contributed by atoms with E-state index in [4.69, 9.17) is 11.6 Å². The first-order valence-electron chi connectivity index (χ1n) is 5.21. The molecule has 1 aromatic rings. The number of piperidine rings is 1. The van der Waals surface area contributed by atoms with Crippen molar-refractivity contribution in [1.29, 1.82) is 0 Å². The fourth-order valence-corrected chi connectivity index (χ4v) is 2.22. The summed E-state index contributed by atoms with van der Waals surface area (Å²) >= 11 is 5.63. The molecule has 1 aliphatic heterocycles. The molecule has 1 saturated heterocycles. The van der Waals surface area contributed by atoms with Crippen molar-refractivity contribution in [3.63, 3.8) is 0 Å². The summed E-state index contributed by atoms with van der Waals surface area (Å²) < 4.78 is 26.8. The van der Waals surface area contributed by atoms with E-state index in [1.165, 1.54) is 0 Å². The van der Waals surface area contributed by atoms with Crippen molar-refractivity contribution in [3.05, 3.63) is 28.3 Å². The van der Waals surface area contributed by atoms with Crippen LogP contribution in [0.5, 0.6) is 5.75 Å². The predicted molar refractivity (Wildman–Crippen MR) is 57.6 cm³/mol. The lowest BCUT2D eigenvalue weighted by molar-refractivity contribution is 0.368. The average molecular weight is 248 g/mol. The van der Waals surface area contributed by atoms with Crippen LogP contribution in [0.4, 0.5) is 8.78 Å². The second-order valence-corrected chi connectivity index (χ2v) is 4.33. The first-order valence-corrected chi connectivity index (χ1v) is 5.59. The zero-order valence-corrected chi connectivity index (χ0v) is 9.32. The largest absolute Gasteiger partial charge is 0.506 e. The second kappa shape index (κ2) is 4.55. The lowest BCUT2D eigenvalue weighted by Crippen LogP contribution is -2.27. The molecular formula is C11H12ClF2NO. The first kappa shape index (κ1) is 11.6. The predicted octanol–water partition coefficient (Wildman–Crippen LogP) is 3.14. The van der Waals surface area contributed by atoms with Crippen LogP contribution in [-0.4, -0.2) is 11.7 Å². The van der Waals surface area contributed by atoms with Crippen LogP contribution in [0.25, 0.3) is 0 Å². The van der Waals surface area contributed by atoms with Crippen molar-refractivity contribution in [2.24, 2.45) is 0 Å². The standard InChI is InChI=1S/C11H12ClF2NO/c12-6-5-7(13)10(14)9(11(6)16)8-3-1-2-4-15-8/h5,8,15-16H,1-4H2. The highest BCUT2D eigenvalue weighted by Crippen LogP contribution is 2.37. The van der Waals surface area contributed by atoms with Gasteiger partial charge in [0, 0.05) is 6.04 Å². The van der Waals surface area contributed by atoms with Gasteiger partial charge in [0.2, 0.25) is 0 Å². The van der Waals surface area contributed by atoms with Gasteiger partial charge in [-0.05, 0) is 25.5 Å². The molecule has 1 fully saturated rings. The van der Waals surface area contributed by atoms with Crippen LogP contribution < -0.4 is 5.32 Å². The Hall–Kier alpha value is -0.870. The zero-order chi connectivity index (χ0) is 11.7. The van der Waals surface area contributed by atoms with Gasteiger partial charge in [0.05, 0.1) is 10.6 Å². The third kappa shape index (κ3) is 1.99. The maximum atomic E-state index is 13.6. The van der Waals surface area contributed by atoms with Crippen LogP contribution in [-0.2, 0) is 0 Å². The molecule has 88 valence electrons. The molecular weight excluding hydrogens is 236 g/mol. The third-order valence-electron chi connectivity index (χ3n) is 2.84. The minimum absolute atomic E-state index is 0.0512. The van der Waals surface area contributed by atoms with E-state index in [0.717, 1.165) is 25.5 Å². The normalized spacial score (nSPS) is 21.1. The Labute approximate surface area is 97.2 Å². The van der Waals surface area contributed by atoms with E-state index in [-0.39, 0.29) is 22.4 Å². The highest BCUT2D eigenvalue weighted by atomic mass is 35.5. The van der Waals surface area contributed by atoms with E-state index in [2.05, 4.69) is 5.32 Å². The van der Waals surface area contributed by atoms with Gasteiger partial charge in [0.25, 0.3) is 0 Å². The van der Waals surface area contributed by atoms with Crippen molar-refractivity contribution in [1.82, 2.24) is 5.32 Å². The van der Waals surface area contributed by atoms with E-state index < -0.39 is 11.6 Å². The fraction of sp³-hybridized carbons (Fsp3) is 0.455. The molecule has 1 aliphatic rings. The van der Waals surface area contributed by atoms with Crippen LogP contribution in [0.2, 0.25) is 5.02 Å². The fourth-order valence-electron chi connectivity index (χ4n) is 2.02. The topological polar surface area (TPSA) is 32.3 Å². The SMILES string of the molecule is Oc1c(Cl)cc(F)c(F)c1C1CCCCN1. The Morgan fingerprint density at radius 3 is 2.75 bits per heavy atom. The Kier molecular flexibility index (Phi) is 3.30. The van der Waals surface area contributed by atoms with Gasteiger partial charge in [-0.3, -0.25) is 0 Å². The Balaban J connectivity index is 2.45. The number of hydrogen-bond donors (Lipinski definition) is 2. The number of nitrogens with one attached hydrogen (secondary N) is 1. The summed E-state index contributed by atoms with van der Waals surface area (Å²) in [5, 5.41) is 12.6. The molecule has 5 heteroatoms. The number of phenolic OH excluding ortho intramolecular Hbond substituents is 1. The summed E-state index contributed by atoms with van der Waals surface area (Å²) in [5.74, 6) is -2.40. The molecule has 1 aromatic carbocycles. The highest BCUT2D eigenvalue weighted by Gasteiger charge is 2.25. The molecule has 0 amide bonds. The molecule has 1 unspecified atom stereocenters. The van der Waals surface area contributed by atoms with Crippen molar-refractivity contribution < 1.29 is 13.9 Å². The molecule has 0 radical (unpaired) electrons. The first-order chi connectivity index (χ1) is 7.61. The van der Waals surface area contributed by atoms with Gasteiger partial charge in [-0.2, -0.15) is 0 Å². The Morgan fingerprint density at radius 1 is 1.38 bits per heavy atom. The summed E-state index contributed by atoms with van der Waals surface area (Å²) in [4.78, 5) is 0. The average Bonchev–Trinajstić information content (AvgIpc) is 2.28. The van der Waals surface area contributed by atoms with Crippen LogP contribution in [0.1, 0.15) is 30.9 Å². The lowest BCUT2D eigenvalue weighted by atomic mass is 9.96. The van der Waals surface area contributed by atoms with Crippen molar-refractivity contribution in [2.45, 2.75) is 25.3 Å². The molecule has 1 atom stereocenters. The summed E-state index contributed by atoms with van der Waals surface area (Å²) in [6.45, 7) is 0.734. The molecule has 0 spiro atoms. The maximum Gasteiger partial charge on any atom is 0.167 e. The van der Waals surface area contributed by atoms with Crippen molar-refractivity contribution in [2.75, 3.05) is 6.54 Å². The minimum atomic E-state index is -1.02.